The van der Waals surface area contributed by atoms with Gasteiger partial charge in [-0.2, -0.15) is 0 Å². The monoisotopic (exact) mass is 425 g/mol. The zero-order valence-corrected chi connectivity index (χ0v) is 17.5. The summed E-state index contributed by atoms with van der Waals surface area (Å²) in [4.78, 5) is 29.4. The van der Waals surface area contributed by atoms with Crippen LogP contribution in [0.25, 0.3) is 0 Å². The highest BCUT2D eigenvalue weighted by Crippen LogP contribution is 2.31. The van der Waals surface area contributed by atoms with Crippen molar-refractivity contribution in [3.05, 3.63) is 54.1 Å². The molecular weight excluding hydrogens is 398 g/mol. The minimum Gasteiger partial charge on any atom is -0.497 e. The zero-order chi connectivity index (χ0) is 22.2. The number of carbonyl (C=O) groups excluding carboxylic acids is 2. The third-order valence-electron chi connectivity index (χ3n) is 5.28. The molecule has 8 nitrogen and oxygen atoms in total. The van der Waals surface area contributed by atoms with Gasteiger partial charge >= 0.3 is 11.9 Å². The summed E-state index contributed by atoms with van der Waals surface area (Å²) < 4.78 is 16.2. The smallest absolute Gasteiger partial charge is 0.347 e. The number of guanidine groups is 1. The maximum Gasteiger partial charge on any atom is 0.347 e. The normalized spacial score (nSPS) is 18.0. The highest BCUT2D eigenvalue weighted by Gasteiger charge is 2.28. The Labute approximate surface area is 181 Å². The van der Waals surface area contributed by atoms with Gasteiger partial charge in [0.1, 0.15) is 22.8 Å². The van der Waals surface area contributed by atoms with Gasteiger partial charge in [-0.25, -0.2) is 4.79 Å². The number of rotatable bonds is 7. The van der Waals surface area contributed by atoms with E-state index in [1.807, 2.05) is 0 Å². The fraction of sp³-hybridized carbons (Fsp3) is 0.348. The van der Waals surface area contributed by atoms with Gasteiger partial charge in [0.2, 0.25) is 0 Å². The molecule has 1 fully saturated rings. The molecule has 3 rings (SSSR count). The molecule has 0 heterocycles. The SMILES string of the molecule is COc1cccc(OC(=O)c2ccccc2OC(=O)C2CCC(CN=C(N)N)CC2)c1. The Morgan fingerprint density at radius 2 is 1.68 bits per heavy atom. The first kappa shape index (κ1) is 22.1. The Kier molecular flexibility index (Phi) is 7.48. The van der Waals surface area contributed by atoms with Crippen molar-refractivity contribution < 1.29 is 23.8 Å². The van der Waals surface area contributed by atoms with Crippen molar-refractivity contribution in [2.45, 2.75) is 25.7 Å². The summed E-state index contributed by atoms with van der Waals surface area (Å²) in [7, 11) is 1.53. The second-order valence-corrected chi connectivity index (χ2v) is 7.47. The van der Waals surface area contributed by atoms with Crippen molar-refractivity contribution >= 4 is 17.9 Å². The van der Waals surface area contributed by atoms with Gasteiger partial charge in [0, 0.05) is 12.6 Å². The van der Waals surface area contributed by atoms with Crippen LogP contribution in [0.2, 0.25) is 0 Å². The second-order valence-electron chi connectivity index (χ2n) is 7.47. The van der Waals surface area contributed by atoms with E-state index in [1.54, 1.807) is 48.5 Å². The Morgan fingerprint density at radius 3 is 2.39 bits per heavy atom. The van der Waals surface area contributed by atoms with Crippen molar-refractivity contribution in [1.82, 2.24) is 0 Å². The molecule has 0 amide bonds. The van der Waals surface area contributed by atoms with Crippen LogP contribution < -0.4 is 25.7 Å². The van der Waals surface area contributed by atoms with Gasteiger partial charge in [-0.15, -0.1) is 0 Å². The van der Waals surface area contributed by atoms with Crippen LogP contribution >= 0.6 is 0 Å². The van der Waals surface area contributed by atoms with Crippen LogP contribution in [0, 0.1) is 11.8 Å². The summed E-state index contributed by atoms with van der Waals surface area (Å²) >= 11 is 0. The van der Waals surface area contributed by atoms with Gasteiger partial charge in [-0.1, -0.05) is 18.2 Å². The van der Waals surface area contributed by atoms with Crippen LogP contribution in [0.5, 0.6) is 17.2 Å². The molecule has 0 aliphatic heterocycles. The number of hydrogen-bond donors (Lipinski definition) is 2. The van der Waals surface area contributed by atoms with Gasteiger partial charge in [0.15, 0.2) is 5.96 Å². The van der Waals surface area contributed by atoms with E-state index in [-0.39, 0.29) is 29.2 Å². The van der Waals surface area contributed by atoms with E-state index >= 15 is 0 Å². The number of benzene rings is 2. The van der Waals surface area contributed by atoms with Crippen molar-refractivity contribution in [3.63, 3.8) is 0 Å². The van der Waals surface area contributed by atoms with Crippen LogP contribution in [0.4, 0.5) is 0 Å². The first-order chi connectivity index (χ1) is 15.0. The molecule has 0 bridgehead atoms. The van der Waals surface area contributed by atoms with Crippen molar-refractivity contribution in [2.24, 2.45) is 28.3 Å². The number of carbonyl (C=O) groups is 2. The first-order valence-electron chi connectivity index (χ1n) is 10.2. The highest BCUT2D eigenvalue weighted by atomic mass is 16.6. The fourth-order valence-corrected chi connectivity index (χ4v) is 3.56. The molecule has 0 atom stereocenters. The average molecular weight is 425 g/mol. The van der Waals surface area contributed by atoms with E-state index in [0.29, 0.717) is 36.8 Å². The lowest BCUT2D eigenvalue weighted by molar-refractivity contribution is -0.140. The molecule has 0 aromatic heterocycles. The highest BCUT2D eigenvalue weighted by molar-refractivity contribution is 5.95. The van der Waals surface area contributed by atoms with Crippen molar-refractivity contribution in [1.29, 1.82) is 0 Å². The summed E-state index contributed by atoms with van der Waals surface area (Å²) in [5.74, 6) is 0.348. The number of para-hydroxylation sites is 1. The zero-order valence-electron chi connectivity index (χ0n) is 17.5. The maximum atomic E-state index is 12.7. The van der Waals surface area contributed by atoms with Gasteiger partial charge < -0.3 is 25.7 Å². The molecule has 0 radical (unpaired) electrons. The molecule has 164 valence electrons. The number of ether oxygens (including phenoxy) is 3. The van der Waals surface area contributed by atoms with Gasteiger partial charge in [0.05, 0.1) is 13.0 Å². The average Bonchev–Trinajstić information content (AvgIpc) is 2.78. The standard InChI is InChI=1S/C23H27N3O5/c1-29-17-5-4-6-18(13-17)30-22(28)19-7-2-3-8-20(19)31-21(27)16-11-9-15(10-12-16)14-26-23(24)25/h2-8,13,15-16H,9-12,14H2,1H3,(H4,24,25,26). The molecule has 8 heteroatoms. The van der Waals surface area contributed by atoms with E-state index in [1.165, 1.54) is 7.11 Å². The van der Waals surface area contributed by atoms with Crippen LogP contribution in [0.3, 0.4) is 0 Å². The summed E-state index contributed by atoms with van der Waals surface area (Å²) in [6.45, 7) is 0.572. The quantitative estimate of drug-likeness (QED) is 0.302. The van der Waals surface area contributed by atoms with Gasteiger partial charge in [-0.05, 0) is 55.9 Å². The minimum absolute atomic E-state index is 0.0824. The van der Waals surface area contributed by atoms with E-state index in [4.69, 9.17) is 25.7 Å². The number of hydrogen-bond acceptors (Lipinski definition) is 6. The molecule has 0 saturated heterocycles. The molecule has 2 aromatic rings. The van der Waals surface area contributed by atoms with Gasteiger partial charge in [-0.3, -0.25) is 9.79 Å². The number of nitrogens with zero attached hydrogens (tertiary/aromatic N) is 1. The summed E-state index contributed by atoms with van der Waals surface area (Å²) in [6, 6.07) is 13.3. The summed E-state index contributed by atoms with van der Waals surface area (Å²) in [5.41, 5.74) is 10.9. The number of esters is 2. The minimum atomic E-state index is -0.613. The number of methoxy groups -OCH3 is 1. The fourth-order valence-electron chi connectivity index (χ4n) is 3.56. The summed E-state index contributed by atoms with van der Waals surface area (Å²) in [5, 5.41) is 0. The third kappa shape index (κ3) is 6.21. The molecule has 0 spiro atoms. The van der Waals surface area contributed by atoms with Crippen molar-refractivity contribution in [2.75, 3.05) is 13.7 Å². The Morgan fingerprint density at radius 1 is 0.968 bits per heavy atom. The molecule has 1 aliphatic carbocycles. The number of aliphatic imine (C=N–C) groups is 1. The molecular formula is C23H27N3O5. The van der Waals surface area contributed by atoms with Crippen LogP contribution in [-0.2, 0) is 4.79 Å². The topological polar surface area (TPSA) is 126 Å². The molecule has 2 aromatic carbocycles. The Balaban J connectivity index is 1.62. The molecule has 0 unspecified atom stereocenters. The summed E-state index contributed by atoms with van der Waals surface area (Å²) in [6.07, 6.45) is 3.08. The largest absolute Gasteiger partial charge is 0.497 e. The second kappa shape index (κ2) is 10.5. The van der Waals surface area contributed by atoms with E-state index in [9.17, 15) is 9.59 Å². The van der Waals surface area contributed by atoms with E-state index in [2.05, 4.69) is 4.99 Å². The molecule has 1 aliphatic rings. The third-order valence-corrected chi connectivity index (χ3v) is 5.28. The van der Waals surface area contributed by atoms with E-state index in [0.717, 1.165) is 12.8 Å². The van der Waals surface area contributed by atoms with Crippen LogP contribution in [-0.4, -0.2) is 31.6 Å². The maximum absolute atomic E-state index is 12.7. The van der Waals surface area contributed by atoms with Crippen LogP contribution in [0.15, 0.2) is 53.5 Å². The van der Waals surface area contributed by atoms with Crippen LogP contribution in [0.1, 0.15) is 36.0 Å². The lowest BCUT2D eigenvalue weighted by Gasteiger charge is -2.26. The number of nitrogens with two attached hydrogens (primary N) is 2. The lowest BCUT2D eigenvalue weighted by atomic mass is 9.82. The molecule has 31 heavy (non-hydrogen) atoms. The van der Waals surface area contributed by atoms with Crippen molar-refractivity contribution in [3.8, 4) is 17.2 Å². The molecule has 4 N–H and O–H groups in total. The van der Waals surface area contributed by atoms with E-state index < -0.39 is 5.97 Å². The lowest BCUT2D eigenvalue weighted by Crippen LogP contribution is -2.28. The molecule has 1 saturated carbocycles. The van der Waals surface area contributed by atoms with Gasteiger partial charge in [0.25, 0.3) is 0 Å². The Hall–Kier alpha value is -3.55. The Bertz CT molecular complexity index is 948. The predicted molar refractivity (Wildman–Crippen MR) is 116 cm³/mol. The predicted octanol–water partition coefficient (Wildman–Crippen LogP) is 2.90. The first-order valence-corrected chi connectivity index (χ1v) is 10.2.